The molecule has 0 saturated heterocycles. The van der Waals surface area contributed by atoms with Crippen molar-refractivity contribution in [2.75, 3.05) is 38.3 Å². The minimum absolute atomic E-state index is 0.0619. The van der Waals surface area contributed by atoms with Gasteiger partial charge in [-0.05, 0) is 19.9 Å². The summed E-state index contributed by atoms with van der Waals surface area (Å²) in [5, 5.41) is 0. The van der Waals surface area contributed by atoms with E-state index in [1.165, 1.54) is 0 Å². The van der Waals surface area contributed by atoms with Gasteiger partial charge in [-0.2, -0.15) is 0 Å². The van der Waals surface area contributed by atoms with Crippen LogP contribution in [0.25, 0.3) is 0 Å². The van der Waals surface area contributed by atoms with Crippen molar-refractivity contribution >= 4 is 5.82 Å². The third-order valence-electron chi connectivity index (χ3n) is 2.73. The summed E-state index contributed by atoms with van der Waals surface area (Å²) >= 11 is 0. The van der Waals surface area contributed by atoms with Gasteiger partial charge in [-0.3, -0.25) is 4.79 Å². The highest BCUT2D eigenvalue weighted by Crippen LogP contribution is 2.04. The van der Waals surface area contributed by atoms with Gasteiger partial charge in [0.2, 0.25) is 0 Å². The first-order valence-corrected chi connectivity index (χ1v) is 6.24. The Kier molecular flexibility index (Phi) is 6.38. The van der Waals surface area contributed by atoms with Gasteiger partial charge in [0.1, 0.15) is 0 Å². The number of ether oxygens (including phenoxy) is 1. The van der Waals surface area contributed by atoms with E-state index < -0.39 is 0 Å². The van der Waals surface area contributed by atoms with Crippen molar-refractivity contribution < 1.29 is 4.74 Å². The van der Waals surface area contributed by atoms with Crippen LogP contribution in [0, 0.1) is 0 Å². The van der Waals surface area contributed by atoms with Crippen molar-refractivity contribution in [1.82, 2.24) is 9.55 Å². The maximum Gasteiger partial charge on any atom is 0.293 e. The van der Waals surface area contributed by atoms with Gasteiger partial charge in [-0.25, -0.2) is 4.98 Å². The first kappa shape index (κ1) is 14.7. The largest absolute Gasteiger partial charge is 0.383 e. The Morgan fingerprint density at radius 3 is 2.89 bits per heavy atom. The topological polar surface area (TPSA) is 73.4 Å². The fraction of sp³-hybridized carbons (Fsp3) is 0.667. The predicted octanol–water partition coefficient (Wildman–Crippen LogP) is 0.0648. The molecule has 0 saturated carbocycles. The van der Waals surface area contributed by atoms with Crippen LogP contribution in [0.5, 0.6) is 0 Å². The Morgan fingerprint density at radius 2 is 2.28 bits per heavy atom. The molecule has 102 valence electrons. The molecular weight excluding hydrogens is 232 g/mol. The van der Waals surface area contributed by atoms with Gasteiger partial charge < -0.3 is 19.9 Å². The predicted molar refractivity (Wildman–Crippen MR) is 71.9 cm³/mol. The van der Waals surface area contributed by atoms with Crippen LogP contribution < -0.4 is 16.2 Å². The van der Waals surface area contributed by atoms with Crippen LogP contribution in [0.3, 0.4) is 0 Å². The number of hydrogen-bond acceptors (Lipinski definition) is 5. The summed E-state index contributed by atoms with van der Waals surface area (Å²) in [6.07, 6.45) is 4.18. The van der Waals surface area contributed by atoms with Gasteiger partial charge in [0, 0.05) is 39.1 Å². The van der Waals surface area contributed by atoms with Crippen LogP contribution in [0.4, 0.5) is 5.82 Å². The molecule has 0 atom stereocenters. The van der Waals surface area contributed by atoms with Crippen molar-refractivity contribution in [1.29, 1.82) is 0 Å². The summed E-state index contributed by atoms with van der Waals surface area (Å²) in [6, 6.07) is 0. The molecule has 2 N–H and O–H groups in total. The number of rotatable bonds is 8. The number of nitrogens with zero attached hydrogens (tertiary/aromatic N) is 3. The number of methoxy groups -OCH3 is 1. The first-order chi connectivity index (χ1) is 8.74. The third kappa shape index (κ3) is 3.82. The first-order valence-electron chi connectivity index (χ1n) is 6.24. The number of hydrogen-bond donors (Lipinski definition) is 1. The Hall–Kier alpha value is -1.40. The van der Waals surface area contributed by atoms with Crippen molar-refractivity contribution in [3.05, 3.63) is 22.7 Å². The average molecular weight is 254 g/mol. The molecule has 0 aromatic carbocycles. The summed E-state index contributed by atoms with van der Waals surface area (Å²) in [7, 11) is 1.64. The van der Waals surface area contributed by atoms with Gasteiger partial charge in [0.15, 0.2) is 5.82 Å². The van der Waals surface area contributed by atoms with Gasteiger partial charge in [0.25, 0.3) is 5.56 Å². The lowest BCUT2D eigenvalue weighted by atomic mass is 10.3. The monoisotopic (exact) mass is 254 g/mol. The summed E-state index contributed by atoms with van der Waals surface area (Å²) in [5.74, 6) is 0.477. The normalized spacial score (nSPS) is 10.6. The van der Waals surface area contributed by atoms with E-state index in [9.17, 15) is 4.79 Å². The fourth-order valence-corrected chi connectivity index (χ4v) is 1.71. The minimum atomic E-state index is -0.0619. The molecule has 0 unspecified atom stereocenters. The number of nitrogens with two attached hydrogens (primary N) is 1. The van der Waals surface area contributed by atoms with Crippen LogP contribution in [0.15, 0.2) is 17.2 Å². The molecule has 1 rings (SSSR count). The molecule has 1 aromatic rings. The lowest BCUT2D eigenvalue weighted by Crippen LogP contribution is -2.36. The zero-order valence-corrected chi connectivity index (χ0v) is 11.1. The van der Waals surface area contributed by atoms with Crippen molar-refractivity contribution in [2.24, 2.45) is 5.73 Å². The van der Waals surface area contributed by atoms with Gasteiger partial charge in [-0.1, -0.05) is 0 Å². The van der Waals surface area contributed by atoms with Crippen LogP contribution in [-0.4, -0.2) is 42.9 Å². The average Bonchev–Trinajstić information content (AvgIpc) is 2.40. The Labute approximate surface area is 107 Å². The fourth-order valence-electron chi connectivity index (χ4n) is 1.71. The summed E-state index contributed by atoms with van der Waals surface area (Å²) in [4.78, 5) is 18.3. The molecule has 18 heavy (non-hydrogen) atoms. The van der Waals surface area contributed by atoms with Gasteiger partial charge in [-0.15, -0.1) is 0 Å². The highest BCUT2D eigenvalue weighted by molar-refractivity contribution is 5.35. The standard InChI is InChI=1S/C12H22N4O2/c1-3-15-8-6-14-11(12(15)17)16(7-4-5-13)9-10-18-2/h6,8H,3-5,7,9-10,13H2,1-2H3. The minimum Gasteiger partial charge on any atom is -0.383 e. The second kappa shape index (κ2) is 7.84. The zero-order chi connectivity index (χ0) is 13.4. The van der Waals surface area contributed by atoms with Crippen molar-refractivity contribution in [3.63, 3.8) is 0 Å². The van der Waals surface area contributed by atoms with E-state index in [4.69, 9.17) is 10.5 Å². The molecular formula is C12H22N4O2. The van der Waals surface area contributed by atoms with E-state index in [0.717, 1.165) is 13.0 Å². The quantitative estimate of drug-likeness (QED) is 0.710. The molecule has 6 nitrogen and oxygen atoms in total. The van der Waals surface area contributed by atoms with Crippen molar-refractivity contribution in [2.45, 2.75) is 19.9 Å². The van der Waals surface area contributed by atoms with Gasteiger partial charge in [0.05, 0.1) is 6.61 Å². The summed E-state index contributed by atoms with van der Waals surface area (Å²) < 4.78 is 6.70. The van der Waals surface area contributed by atoms with Crippen LogP contribution in [-0.2, 0) is 11.3 Å². The molecule has 0 aliphatic rings. The molecule has 0 amide bonds. The second-order valence-electron chi connectivity index (χ2n) is 3.96. The Morgan fingerprint density at radius 1 is 1.50 bits per heavy atom. The van der Waals surface area contributed by atoms with Crippen LogP contribution in [0.2, 0.25) is 0 Å². The van der Waals surface area contributed by atoms with Crippen LogP contribution >= 0.6 is 0 Å². The molecule has 0 aliphatic heterocycles. The van der Waals surface area contributed by atoms with E-state index in [1.807, 2.05) is 11.8 Å². The maximum atomic E-state index is 12.2. The van der Waals surface area contributed by atoms with Gasteiger partial charge >= 0.3 is 0 Å². The van der Waals surface area contributed by atoms with E-state index in [1.54, 1.807) is 24.1 Å². The molecule has 0 bridgehead atoms. The highest BCUT2D eigenvalue weighted by atomic mass is 16.5. The molecule has 0 radical (unpaired) electrons. The number of anilines is 1. The summed E-state index contributed by atoms with van der Waals surface area (Å²) in [6.45, 7) is 5.10. The number of aromatic nitrogens is 2. The number of aryl methyl sites for hydroxylation is 1. The Bertz CT molecular complexity index is 397. The van der Waals surface area contributed by atoms with E-state index in [0.29, 0.717) is 32.1 Å². The molecule has 0 spiro atoms. The second-order valence-corrected chi connectivity index (χ2v) is 3.96. The Balaban J connectivity index is 2.92. The maximum absolute atomic E-state index is 12.2. The zero-order valence-electron chi connectivity index (χ0n) is 11.1. The van der Waals surface area contributed by atoms with E-state index >= 15 is 0 Å². The lowest BCUT2D eigenvalue weighted by molar-refractivity contribution is 0.205. The van der Waals surface area contributed by atoms with E-state index in [2.05, 4.69) is 4.98 Å². The summed E-state index contributed by atoms with van der Waals surface area (Å²) in [5.41, 5.74) is 5.45. The lowest BCUT2D eigenvalue weighted by Gasteiger charge is -2.22. The van der Waals surface area contributed by atoms with Crippen molar-refractivity contribution in [3.8, 4) is 0 Å². The molecule has 0 aliphatic carbocycles. The highest BCUT2D eigenvalue weighted by Gasteiger charge is 2.12. The van der Waals surface area contributed by atoms with E-state index in [-0.39, 0.29) is 5.56 Å². The smallest absolute Gasteiger partial charge is 0.293 e. The molecule has 1 heterocycles. The SMILES string of the molecule is CCn1ccnc(N(CCCN)CCOC)c1=O. The molecule has 6 heteroatoms. The molecule has 0 fully saturated rings. The third-order valence-corrected chi connectivity index (χ3v) is 2.73. The van der Waals surface area contributed by atoms with Crippen LogP contribution in [0.1, 0.15) is 13.3 Å². The molecule has 1 aromatic heterocycles.